The fraction of sp³-hybridized carbons (Fsp3) is 0.292. The van der Waals surface area contributed by atoms with E-state index in [-0.39, 0.29) is 23.8 Å². The molecule has 0 saturated carbocycles. The van der Waals surface area contributed by atoms with Gasteiger partial charge in [-0.05, 0) is 61.5 Å². The Kier molecular flexibility index (Phi) is 5.63. The van der Waals surface area contributed by atoms with Crippen LogP contribution in [-0.2, 0) is 4.74 Å². The van der Waals surface area contributed by atoms with Crippen molar-refractivity contribution in [1.82, 2.24) is 15.2 Å². The summed E-state index contributed by atoms with van der Waals surface area (Å²) in [6.45, 7) is 1.45. The predicted octanol–water partition coefficient (Wildman–Crippen LogP) is 4.19. The van der Waals surface area contributed by atoms with Crippen molar-refractivity contribution in [3.63, 3.8) is 0 Å². The molecule has 0 spiro atoms. The lowest BCUT2D eigenvalue weighted by Crippen LogP contribution is -2.36. The molecule has 2 aliphatic rings. The maximum absolute atomic E-state index is 11.4. The monoisotopic (exact) mass is 449 g/mol. The van der Waals surface area contributed by atoms with Gasteiger partial charge in [0.05, 0.1) is 23.4 Å². The van der Waals surface area contributed by atoms with Gasteiger partial charge in [-0.1, -0.05) is 18.2 Å². The van der Waals surface area contributed by atoms with Crippen molar-refractivity contribution < 1.29 is 19.1 Å². The molecule has 164 valence electrons. The standard InChI is InChI=1S/C24H23N3O4S/c28-23(29)16-6-3-5-15(13-16)19-9-10-20(31-19)22-21(18-8-1-2-11-25-18)26-24(32)27(22)14-17-7-4-12-30-17/h1-3,5-6,8-11,13,17,21-22H,4,7,12,14H2,(H,26,32)(H,28,29)/t17-,21-,22-/m1/s1. The van der Waals surface area contributed by atoms with Gasteiger partial charge in [0.1, 0.15) is 17.6 Å². The van der Waals surface area contributed by atoms with E-state index in [1.165, 1.54) is 0 Å². The van der Waals surface area contributed by atoms with Crippen molar-refractivity contribution in [3.8, 4) is 11.3 Å². The Morgan fingerprint density at radius 2 is 2.12 bits per heavy atom. The maximum atomic E-state index is 11.4. The lowest BCUT2D eigenvalue weighted by atomic mass is 10.0. The van der Waals surface area contributed by atoms with Gasteiger partial charge in [0.2, 0.25) is 0 Å². The highest BCUT2D eigenvalue weighted by Gasteiger charge is 2.42. The molecule has 5 rings (SSSR count). The zero-order valence-corrected chi connectivity index (χ0v) is 18.1. The average Bonchev–Trinajstić information content (AvgIpc) is 3.56. The van der Waals surface area contributed by atoms with E-state index in [1.54, 1.807) is 24.4 Å². The molecule has 2 fully saturated rings. The zero-order valence-electron chi connectivity index (χ0n) is 17.3. The lowest BCUT2D eigenvalue weighted by molar-refractivity contribution is 0.0697. The largest absolute Gasteiger partial charge is 0.478 e. The molecule has 0 amide bonds. The molecule has 32 heavy (non-hydrogen) atoms. The van der Waals surface area contributed by atoms with Crippen LogP contribution in [0.15, 0.2) is 65.2 Å². The van der Waals surface area contributed by atoms with Crippen molar-refractivity contribution in [2.45, 2.75) is 31.0 Å². The van der Waals surface area contributed by atoms with Gasteiger partial charge in [0.15, 0.2) is 5.11 Å². The van der Waals surface area contributed by atoms with Gasteiger partial charge in [-0.3, -0.25) is 4.98 Å². The minimum Gasteiger partial charge on any atom is -0.478 e. The van der Waals surface area contributed by atoms with E-state index < -0.39 is 5.97 Å². The number of carboxylic acid groups (broad SMARTS) is 1. The maximum Gasteiger partial charge on any atom is 0.335 e. The fourth-order valence-corrected chi connectivity index (χ4v) is 4.71. The van der Waals surface area contributed by atoms with E-state index in [4.69, 9.17) is 21.4 Å². The van der Waals surface area contributed by atoms with E-state index in [1.807, 2.05) is 36.4 Å². The third-order valence-electron chi connectivity index (χ3n) is 5.93. The third-order valence-corrected chi connectivity index (χ3v) is 6.29. The first-order valence-corrected chi connectivity index (χ1v) is 11.0. The summed E-state index contributed by atoms with van der Waals surface area (Å²) in [6, 6.07) is 16.0. The van der Waals surface area contributed by atoms with Gasteiger partial charge in [0.25, 0.3) is 0 Å². The molecule has 0 radical (unpaired) electrons. The van der Waals surface area contributed by atoms with Crippen molar-refractivity contribution in [3.05, 3.63) is 77.8 Å². The normalized spacial score (nSPS) is 22.8. The summed E-state index contributed by atoms with van der Waals surface area (Å²) in [6.07, 6.45) is 3.95. The first-order valence-electron chi connectivity index (χ1n) is 10.6. The van der Waals surface area contributed by atoms with E-state index in [2.05, 4.69) is 15.2 Å². The topological polar surface area (TPSA) is 87.8 Å². The Bertz CT molecular complexity index is 1130. The summed E-state index contributed by atoms with van der Waals surface area (Å²) >= 11 is 5.70. The summed E-state index contributed by atoms with van der Waals surface area (Å²) in [5.41, 5.74) is 1.81. The van der Waals surface area contributed by atoms with E-state index >= 15 is 0 Å². The number of thiocarbonyl (C=S) groups is 1. The highest BCUT2D eigenvalue weighted by molar-refractivity contribution is 7.80. The van der Waals surface area contributed by atoms with Gasteiger partial charge in [0, 0.05) is 24.9 Å². The summed E-state index contributed by atoms with van der Waals surface area (Å²) in [7, 11) is 0. The van der Waals surface area contributed by atoms with Crippen LogP contribution in [0, 0.1) is 0 Å². The molecule has 3 aromatic rings. The second-order valence-electron chi connectivity index (χ2n) is 8.00. The number of rotatable bonds is 6. The van der Waals surface area contributed by atoms with Crippen LogP contribution >= 0.6 is 12.2 Å². The Morgan fingerprint density at radius 3 is 2.88 bits per heavy atom. The number of ether oxygens (including phenoxy) is 1. The van der Waals surface area contributed by atoms with Crippen LogP contribution in [0.3, 0.4) is 0 Å². The van der Waals surface area contributed by atoms with Gasteiger partial charge in [-0.2, -0.15) is 0 Å². The number of hydrogen-bond acceptors (Lipinski definition) is 5. The molecule has 2 aromatic heterocycles. The van der Waals surface area contributed by atoms with E-state index in [9.17, 15) is 9.90 Å². The Hall–Kier alpha value is -3.23. The molecule has 2 aliphatic heterocycles. The molecule has 0 unspecified atom stereocenters. The molecule has 1 aromatic carbocycles. The Labute approximate surface area is 191 Å². The first-order chi connectivity index (χ1) is 15.6. The van der Waals surface area contributed by atoms with Crippen LogP contribution in [0.2, 0.25) is 0 Å². The minimum absolute atomic E-state index is 0.126. The number of carboxylic acids is 1. The van der Waals surface area contributed by atoms with Crippen molar-refractivity contribution in [2.24, 2.45) is 0 Å². The average molecular weight is 450 g/mol. The molecule has 0 bridgehead atoms. The number of nitrogens with one attached hydrogen (secondary N) is 1. The first kappa shape index (κ1) is 20.7. The fourth-order valence-electron chi connectivity index (χ4n) is 4.39. The summed E-state index contributed by atoms with van der Waals surface area (Å²) < 4.78 is 12.1. The van der Waals surface area contributed by atoms with Gasteiger partial charge in [-0.25, -0.2) is 4.79 Å². The Morgan fingerprint density at radius 1 is 1.22 bits per heavy atom. The number of hydrogen-bond donors (Lipinski definition) is 2. The summed E-state index contributed by atoms with van der Waals surface area (Å²) in [4.78, 5) is 18.0. The third kappa shape index (κ3) is 3.99. The minimum atomic E-state index is -0.970. The Balaban J connectivity index is 1.50. The zero-order chi connectivity index (χ0) is 22.1. The second-order valence-corrected chi connectivity index (χ2v) is 8.39. The number of pyridine rings is 1. The van der Waals surface area contributed by atoms with Crippen LogP contribution in [0.1, 0.15) is 46.7 Å². The highest BCUT2D eigenvalue weighted by atomic mass is 32.1. The number of aromatic carboxylic acids is 1. The van der Waals surface area contributed by atoms with Crippen LogP contribution in [0.25, 0.3) is 11.3 Å². The number of aromatic nitrogens is 1. The van der Waals surface area contributed by atoms with Crippen LogP contribution in [0.5, 0.6) is 0 Å². The van der Waals surface area contributed by atoms with Crippen molar-refractivity contribution >= 4 is 23.3 Å². The van der Waals surface area contributed by atoms with E-state index in [0.29, 0.717) is 23.0 Å². The van der Waals surface area contributed by atoms with Gasteiger partial charge in [-0.15, -0.1) is 0 Å². The molecule has 3 atom stereocenters. The van der Waals surface area contributed by atoms with Crippen LogP contribution in [-0.4, -0.2) is 45.3 Å². The molecule has 7 nitrogen and oxygen atoms in total. The van der Waals surface area contributed by atoms with E-state index in [0.717, 1.165) is 30.9 Å². The number of benzene rings is 1. The quantitative estimate of drug-likeness (QED) is 0.542. The SMILES string of the molecule is O=C(O)c1cccc(-c2ccc([C@@H]3[C@@H](c4ccccn4)NC(=S)N3C[C@H]3CCCO3)o2)c1. The molecule has 2 saturated heterocycles. The summed E-state index contributed by atoms with van der Waals surface area (Å²) in [5.74, 6) is 0.376. The number of furan rings is 1. The van der Waals surface area contributed by atoms with Crippen molar-refractivity contribution in [2.75, 3.05) is 13.2 Å². The summed E-state index contributed by atoms with van der Waals surface area (Å²) in [5, 5.41) is 13.4. The van der Waals surface area contributed by atoms with Gasteiger partial charge < -0.3 is 24.5 Å². The van der Waals surface area contributed by atoms with Crippen LogP contribution in [0.4, 0.5) is 0 Å². The number of nitrogens with zero attached hydrogens (tertiary/aromatic N) is 2. The van der Waals surface area contributed by atoms with Gasteiger partial charge >= 0.3 is 5.97 Å². The molecular formula is C24H23N3O4S. The predicted molar refractivity (Wildman–Crippen MR) is 122 cm³/mol. The molecule has 8 heteroatoms. The second kappa shape index (κ2) is 8.72. The van der Waals surface area contributed by atoms with Crippen LogP contribution < -0.4 is 5.32 Å². The number of carbonyl (C=O) groups is 1. The molecule has 0 aliphatic carbocycles. The molecule has 2 N–H and O–H groups in total. The smallest absolute Gasteiger partial charge is 0.335 e. The van der Waals surface area contributed by atoms with Crippen molar-refractivity contribution in [1.29, 1.82) is 0 Å². The molecular weight excluding hydrogens is 426 g/mol. The lowest BCUT2D eigenvalue weighted by Gasteiger charge is -2.28. The highest BCUT2D eigenvalue weighted by Crippen LogP contribution is 2.41. The molecule has 4 heterocycles.